The highest BCUT2D eigenvalue weighted by Gasteiger charge is 2.10. The van der Waals surface area contributed by atoms with Crippen molar-refractivity contribution in [1.29, 1.82) is 0 Å². The first-order chi connectivity index (χ1) is 8.15. The van der Waals surface area contributed by atoms with Crippen molar-refractivity contribution in [3.05, 3.63) is 24.4 Å². The molecule has 0 fully saturated rings. The minimum atomic E-state index is -0.878. The van der Waals surface area contributed by atoms with E-state index in [-0.39, 0.29) is 6.54 Å². The van der Waals surface area contributed by atoms with Crippen LogP contribution < -0.4 is 9.47 Å². The van der Waals surface area contributed by atoms with Crippen molar-refractivity contribution < 1.29 is 19.4 Å². The van der Waals surface area contributed by atoms with Gasteiger partial charge >= 0.3 is 5.97 Å². The lowest BCUT2D eigenvalue weighted by Crippen LogP contribution is -2.07. The molecule has 0 spiro atoms. The van der Waals surface area contributed by atoms with E-state index in [4.69, 9.17) is 14.6 Å². The minimum absolute atomic E-state index is 0.0705. The highest BCUT2D eigenvalue weighted by Crippen LogP contribution is 2.32. The molecule has 0 amide bonds. The average molecular weight is 235 g/mol. The Balaban J connectivity index is 2.56. The molecule has 0 saturated heterocycles. The third-order valence-corrected chi connectivity index (χ3v) is 2.58. The lowest BCUT2D eigenvalue weighted by atomic mass is 10.2. The molecular formula is C12H13NO4. The molecule has 0 bridgehead atoms. The smallest absolute Gasteiger partial charge is 0.323 e. The molecule has 1 heterocycles. The molecule has 5 heteroatoms. The molecule has 0 saturated carbocycles. The highest BCUT2D eigenvalue weighted by molar-refractivity contribution is 5.85. The number of hydrogen-bond acceptors (Lipinski definition) is 3. The summed E-state index contributed by atoms with van der Waals surface area (Å²) in [5.41, 5.74) is 0.810. The summed E-state index contributed by atoms with van der Waals surface area (Å²) in [6.45, 7) is -0.0705. The zero-order chi connectivity index (χ0) is 12.4. The molecule has 0 atom stereocenters. The van der Waals surface area contributed by atoms with Gasteiger partial charge in [0.1, 0.15) is 6.54 Å². The van der Waals surface area contributed by atoms with E-state index in [0.29, 0.717) is 11.5 Å². The highest BCUT2D eigenvalue weighted by atomic mass is 16.5. The fraction of sp³-hybridized carbons (Fsp3) is 0.250. The molecule has 0 radical (unpaired) electrons. The zero-order valence-corrected chi connectivity index (χ0v) is 9.64. The van der Waals surface area contributed by atoms with Crippen LogP contribution in [0.5, 0.6) is 11.5 Å². The molecular weight excluding hydrogens is 222 g/mol. The van der Waals surface area contributed by atoms with E-state index in [9.17, 15) is 4.79 Å². The van der Waals surface area contributed by atoms with Crippen LogP contribution in [0.4, 0.5) is 0 Å². The van der Waals surface area contributed by atoms with Gasteiger partial charge in [-0.05, 0) is 12.1 Å². The van der Waals surface area contributed by atoms with Crippen molar-refractivity contribution in [2.24, 2.45) is 0 Å². The Morgan fingerprint density at radius 3 is 2.53 bits per heavy atom. The number of aromatic nitrogens is 1. The maximum atomic E-state index is 10.7. The Morgan fingerprint density at radius 1 is 1.29 bits per heavy atom. The van der Waals surface area contributed by atoms with Crippen LogP contribution >= 0.6 is 0 Å². The zero-order valence-electron chi connectivity index (χ0n) is 9.64. The van der Waals surface area contributed by atoms with Gasteiger partial charge in [0.2, 0.25) is 0 Å². The maximum Gasteiger partial charge on any atom is 0.323 e. The summed E-state index contributed by atoms with van der Waals surface area (Å²) in [6, 6.07) is 5.45. The van der Waals surface area contributed by atoms with Crippen LogP contribution in [0.15, 0.2) is 24.4 Å². The van der Waals surface area contributed by atoms with Gasteiger partial charge in [0.25, 0.3) is 0 Å². The maximum absolute atomic E-state index is 10.7. The molecule has 5 nitrogen and oxygen atoms in total. The lowest BCUT2D eigenvalue weighted by Gasteiger charge is -2.08. The second-order valence-corrected chi connectivity index (χ2v) is 3.60. The molecule has 2 aromatic rings. The van der Waals surface area contributed by atoms with Crippen LogP contribution in [0.2, 0.25) is 0 Å². The second-order valence-electron chi connectivity index (χ2n) is 3.60. The number of fused-ring (bicyclic) bond motifs is 1. The van der Waals surface area contributed by atoms with Gasteiger partial charge in [-0.15, -0.1) is 0 Å². The normalized spacial score (nSPS) is 10.5. The lowest BCUT2D eigenvalue weighted by molar-refractivity contribution is -0.137. The number of rotatable bonds is 4. The SMILES string of the molecule is COc1cc2ccn(CC(=O)O)c2cc1OC. The monoisotopic (exact) mass is 235 g/mol. The Hall–Kier alpha value is -2.17. The fourth-order valence-electron chi connectivity index (χ4n) is 1.80. The van der Waals surface area contributed by atoms with Crippen molar-refractivity contribution in [2.45, 2.75) is 6.54 Å². The summed E-state index contributed by atoms with van der Waals surface area (Å²) in [6.07, 6.45) is 1.73. The van der Waals surface area contributed by atoms with Crippen LogP contribution in [0, 0.1) is 0 Å². The molecule has 2 rings (SSSR count). The van der Waals surface area contributed by atoms with Crippen LogP contribution in [0.1, 0.15) is 0 Å². The number of aliphatic carboxylic acids is 1. The molecule has 17 heavy (non-hydrogen) atoms. The Morgan fingerprint density at radius 2 is 1.94 bits per heavy atom. The molecule has 0 aliphatic rings. The van der Waals surface area contributed by atoms with E-state index in [2.05, 4.69) is 0 Å². The number of carboxylic acids is 1. The van der Waals surface area contributed by atoms with Crippen molar-refractivity contribution in [1.82, 2.24) is 4.57 Å². The molecule has 0 aliphatic carbocycles. The van der Waals surface area contributed by atoms with E-state index in [0.717, 1.165) is 10.9 Å². The first kappa shape index (κ1) is 11.3. The van der Waals surface area contributed by atoms with Gasteiger partial charge < -0.3 is 19.1 Å². The van der Waals surface area contributed by atoms with Crippen LogP contribution in [0.3, 0.4) is 0 Å². The summed E-state index contributed by atoms with van der Waals surface area (Å²) >= 11 is 0. The summed E-state index contributed by atoms with van der Waals surface area (Å²) < 4.78 is 12.0. The molecule has 1 aromatic carbocycles. The number of ether oxygens (including phenoxy) is 2. The van der Waals surface area contributed by atoms with Gasteiger partial charge in [-0.2, -0.15) is 0 Å². The fourth-order valence-corrected chi connectivity index (χ4v) is 1.80. The number of hydrogen-bond donors (Lipinski definition) is 1. The average Bonchev–Trinajstić information content (AvgIpc) is 2.69. The predicted molar refractivity (Wildman–Crippen MR) is 62.7 cm³/mol. The summed E-state index contributed by atoms with van der Waals surface area (Å²) in [4.78, 5) is 10.7. The number of carbonyl (C=O) groups is 1. The summed E-state index contributed by atoms with van der Waals surface area (Å²) in [7, 11) is 3.12. The third-order valence-electron chi connectivity index (χ3n) is 2.58. The summed E-state index contributed by atoms with van der Waals surface area (Å²) in [5, 5.41) is 9.72. The first-order valence-electron chi connectivity index (χ1n) is 5.08. The Kier molecular flexibility index (Phi) is 2.91. The van der Waals surface area contributed by atoms with E-state index in [1.165, 1.54) is 0 Å². The number of methoxy groups -OCH3 is 2. The van der Waals surface area contributed by atoms with E-state index in [1.54, 1.807) is 31.0 Å². The topological polar surface area (TPSA) is 60.7 Å². The predicted octanol–water partition coefficient (Wildman–Crippen LogP) is 1.74. The number of benzene rings is 1. The minimum Gasteiger partial charge on any atom is -0.493 e. The quantitative estimate of drug-likeness (QED) is 0.876. The van der Waals surface area contributed by atoms with E-state index >= 15 is 0 Å². The van der Waals surface area contributed by atoms with Crippen molar-refractivity contribution in [3.63, 3.8) is 0 Å². The van der Waals surface area contributed by atoms with Crippen molar-refractivity contribution in [2.75, 3.05) is 14.2 Å². The van der Waals surface area contributed by atoms with Crippen LogP contribution in [-0.4, -0.2) is 29.9 Å². The van der Waals surface area contributed by atoms with Gasteiger partial charge in [0.05, 0.1) is 19.7 Å². The van der Waals surface area contributed by atoms with Crippen molar-refractivity contribution >= 4 is 16.9 Å². The van der Waals surface area contributed by atoms with Crippen molar-refractivity contribution in [3.8, 4) is 11.5 Å². The number of nitrogens with zero attached hydrogens (tertiary/aromatic N) is 1. The Labute approximate surface area is 98.2 Å². The number of carboxylic acid groups (broad SMARTS) is 1. The summed E-state index contributed by atoms with van der Waals surface area (Å²) in [5.74, 6) is 0.343. The van der Waals surface area contributed by atoms with Gasteiger partial charge in [0, 0.05) is 17.6 Å². The second kappa shape index (κ2) is 4.37. The third kappa shape index (κ3) is 2.04. The Bertz CT molecular complexity index is 559. The van der Waals surface area contributed by atoms with Gasteiger partial charge in [0.15, 0.2) is 11.5 Å². The molecule has 0 unspecified atom stereocenters. The van der Waals surface area contributed by atoms with Gasteiger partial charge in [-0.1, -0.05) is 0 Å². The van der Waals surface area contributed by atoms with E-state index in [1.807, 2.05) is 12.1 Å². The largest absolute Gasteiger partial charge is 0.493 e. The van der Waals surface area contributed by atoms with Gasteiger partial charge in [-0.3, -0.25) is 4.79 Å². The van der Waals surface area contributed by atoms with E-state index < -0.39 is 5.97 Å². The standard InChI is InChI=1S/C12H13NO4/c1-16-10-5-8-3-4-13(7-12(14)15)9(8)6-11(10)17-2/h3-6H,7H2,1-2H3,(H,14,15). The molecule has 1 N–H and O–H groups in total. The first-order valence-corrected chi connectivity index (χ1v) is 5.08. The molecule has 90 valence electrons. The van der Waals surface area contributed by atoms with Crippen LogP contribution in [0.25, 0.3) is 10.9 Å². The van der Waals surface area contributed by atoms with Crippen LogP contribution in [-0.2, 0) is 11.3 Å². The molecule has 1 aromatic heterocycles. The molecule has 0 aliphatic heterocycles. The van der Waals surface area contributed by atoms with Gasteiger partial charge in [-0.25, -0.2) is 0 Å².